The van der Waals surface area contributed by atoms with Gasteiger partial charge in [0.05, 0.1) is 6.61 Å². The molecule has 0 aliphatic carbocycles. The molecule has 0 saturated heterocycles. The first-order valence-corrected chi connectivity index (χ1v) is 8.61. The van der Waals surface area contributed by atoms with E-state index in [1.54, 1.807) is 13.8 Å². The number of rotatable bonds is 11. The zero-order chi connectivity index (χ0) is 17.8. The van der Waals surface area contributed by atoms with Crippen LogP contribution in [-0.2, 0) is 19.1 Å². The highest BCUT2D eigenvalue weighted by molar-refractivity contribution is 8.13. The monoisotopic (exact) mass is 348 g/mol. The minimum Gasteiger partial charge on any atom is -0.464 e. The fourth-order valence-electron chi connectivity index (χ4n) is 1.69. The highest BCUT2D eigenvalue weighted by Crippen LogP contribution is 2.10. The maximum Gasteiger partial charge on any atom is 0.329 e. The summed E-state index contributed by atoms with van der Waals surface area (Å²) in [5.74, 6) is -1.53. The van der Waals surface area contributed by atoms with Crippen LogP contribution < -0.4 is 5.32 Å². The molecule has 0 heterocycles. The van der Waals surface area contributed by atoms with Gasteiger partial charge in [0.15, 0.2) is 5.12 Å². The molecule has 0 aromatic carbocycles. The van der Waals surface area contributed by atoms with E-state index in [4.69, 9.17) is 4.74 Å². The smallest absolute Gasteiger partial charge is 0.329 e. The summed E-state index contributed by atoms with van der Waals surface area (Å²) in [6.07, 6.45) is 1.65. The minimum absolute atomic E-state index is 0.00451. The Morgan fingerprint density at radius 1 is 1.26 bits per heavy atom. The fourth-order valence-corrected chi connectivity index (χ4v) is 2.46. The number of amides is 1. The number of unbranched alkanes of at least 4 members (excludes halogenated alkanes) is 1. The van der Waals surface area contributed by atoms with Gasteiger partial charge in [0.25, 0.3) is 11.9 Å². The molecule has 0 spiro atoms. The van der Waals surface area contributed by atoms with Crippen LogP contribution in [0.25, 0.3) is 0 Å². The van der Waals surface area contributed by atoms with Crippen molar-refractivity contribution in [1.29, 1.82) is 0 Å². The van der Waals surface area contributed by atoms with E-state index in [9.17, 15) is 24.5 Å². The first-order valence-electron chi connectivity index (χ1n) is 7.63. The SMILES string of the molecule is CCCCC(C(=O)N[C@@H](CSC(=O)CC)C(=O)OCC)[N+](=O)[O-]. The molecule has 0 aromatic rings. The van der Waals surface area contributed by atoms with E-state index >= 15 is 0 Å². The van der Waals surface area contributed by atoms with Crippen LogP contribution in [0.2, 0.25) is 0 Å². The second kappa shape index (κ2) is 11.9. The van der Waals surface area contributed by atoms with Crippen molar-refractivity contribution in [3.63, 3.8) is 0 Å². The Labute approximate surface area is 139 Å². The molecule has 0 aliphatic rings. The van der Waals surface area contributed by atoms with Crippen molar-refractivity contribution >= 4 is 28.8 Å². The normalized spacial score (nSPS) is 13.0. The Balaban J connectivity index is 4.88. The lowest BCUT2D eigenvalue weighted by Gasteiger charge is -2.18. The molecule has 0 aliphatic heterocycles. The molecule has 0 bridgehead atoms. The van der Waals surface area contributed by atoms with E-state index in [0.29, 0.717) is 12.8 Å². The van der Waals surface area contributed by atoms with E-state index < -0.39 is 28.9 Å². The van der Waals surface area contributed by atoms with Gasteiger partial charge in [0.2, 0.25) is 0 Å². The summed E-state index contributed by atoms with van der Waals surface area (Å²) in [4.78, 5) is 45.6. The van der Waals surface area contributed by atoms with Gasteiger partial charge < -0.3 is 10.1 Å². The largest absolute Gasteiger partial charge is 0.464 e. The fraction of sp³-hybridized carbons (Fsp3) is 0.786. The van der Waals surface area contributed by atoms with Gasteiger partial charge in [-0.3, -0.25) is 19.7 Å². The van der Waals surface area contributed by atoms with Crippen molar-refractivity contribution in [1.82, 2.24) is 5.32 Å². The van der Waals surface area contributed by atoms with E-state index in [0.717, 1.165) is 18.2 Å². The Kier molecular flexibility index (Phi) is 11.0. The van der Waals surface area contributed by atoms with Crippen LogP contribution in [-0.4, -0.2) is 46.4 Å². The predicted octanol–water partition coefficient (Wildman–Crippen LogP) is 1.54. The van der Waals surface area contributed by atoms with Gasteiger partial charge in [-0.1, -0.05) is 32.0 Å². The van der Waals surface area contributed by atoms with E-state index in [1.165, 1.54) is 0 Å². The zero-order valence-corrected chi connectivity index (χ0v) is 14.5. The molecule has 0 rings (SSSR count). The van der Waals surface area contributed by atoms with Crippen molar-refractivity contribution < 1.29 is 24.0 Å². The predicted molar refractivity (Wildman–Crippen MR) is 86.6 cm³/mol. The van der Waals surface area contributed by atoms with Crippen molar-refractivity contribution in [2.24, 2.45) is 0 Å². The van der Waals surface area contributed by atoms with Crippen LogP contribution >= 0.6 is 11.8 Å². The highest BCUT2D eigenvalue weighted by atomic mass is 32.2. The molecule has 8 nitrogen and oxygen atoms in total. The maximum absolute atomic E-state index is 12.1. The molecule has 132 valence electrons. The maximum atomic E-state index is 12.1. The van der Waals surface area contributed by atoms with E-state index in [-0.39, 0.29) is 23.9 Å². The summed E-state index contributed by atoms with van der Waals surface area (Å²) in [5.41, 5.74) is 0. The summed E-state index contributed by atoms with van der Waals surface area (Å²) in [5, 5.41) is 13.2. The second-order valence-electron chi connectivity index (χ2n) is 4.79. The van der Waals surface area contributed by atoms with Gasteiger partial charge in [0, 0.05) is 23.5 Å². The Morgan fingerprint density at radius 2 is 1.91 bits per heavy atom. The Bertz CT molecular complexity index is 429. The third kappa shape index (κ3) is 8.53. The molecule has 2 atom stereocenters. The third-order valence-corrected chi connectivity index (χ3v) is 4.09. The van der Waals surface area contributed by atoms with Crippen LogP contribution in [0.5, 0.6) is 0 Å². The molecule has 0 saturated carbocycles. The average molecular weight is 348 g/mol. The molecule has 23 heavy (non-hydrogen) atoms. The minimum atomic E-state index is -1.40. The topological polar surface area (TPSA) is 116 Å². The molecule has 1 amide bonds. The van der Waals surface area contributed by atoms with Crippen LogP contribution in [0.3, 0.4) is 0 Å². The average Bonchev–Trinajstić information content (AvgIpc) is 2.51. The van der Waals surface area contributed by atoms with Crippen molar-refractivity contribution in [2.45, 2.75) is 58.5 Å². The molecule has 9 heteroatoms. The lowest BCUT2D eigenvalue weighted by molar-refractivity contribution is -0.508. The molecular formula is C14H24N2O6S. The number of nitrogens with one attached hydrogen (secondary N) is 1. The molecule has 0 fully saturated rings. The summed E-state index contributed by atoms with van der Waals surface area (Å²) in [6, 6.07) is -2.48. The van der Waals surface area contributed by atoms with Crippen LogP contribution in [0, 0.1) is 10.1 Å². The molecule has 0 aromatic heterocycles. The summed E-state index contributed by atoms with van der Waals surface area (Å²) >= 11 is 0.894. The number of hydrogen-bond acceptors (Lipinski definition) is 7. The van der Waals surface area contributed by atoms with Crippen LogP contribution in [0.1, 0.15) is 46.5 Å². The molecule has 1 unspecified atom stereocenters. The van der Waals surface area contributed by atoms with E-state index in [2.05, 4.69) is 5.32 Å². The van der Waals surface area contributed by atoms with Gasteiger partial charge in [-0.15, -0.1) is 0 Å². The summed E-state index contributed by atoms with van der Waals surface area (Å²) in [7, 11) is 0. The van der Waals surface area contributed by atoms with Crippen molar-refractivity contribution in [2.75, 3.05) is 12.4 Å². The number of carbonyl (C=O) groups excluding carboxylic acids is 3. The van der Waals surface area contributed by atoms with Gasteiger partial charge in [-0.05, 0) is 13.3 Å². The number of esters is 1. The number of nitrogens with zero attached hydrogens (tertiary/aromatic N) is 1. The molecule has 0 radical (unpaired) electrons. The standard InChI is InChI=1S/C14H24N2O6S/c1-4-7-8-11(16(20)21)13(18)15-10(14(19)22-6-3)9-23-12(17)5-2/h10-11H,4-9H2,1-3H3,(H,15,18)/t10-,11?/m0/s1. The molecule has 1 N–H and O–H groups in total. The van der Waals surface area contributed by atoms with Gasteiger partial charge >= 0.3 is 5.97 Å². The van der Waals surface area contributed by atoms with Crippen molar-refractivity contribution in [3.8, 4) is 0 Å². The van der Waals surface area contributed by atoms with Crippen molar-refractivity contribution in [3.05, 3.63) is 10.1 Å². The van der Waals surface area contributed by atoms with Gasteiger partial charge in [-0.2, -0.15) is 0 Å². The lowest BCUT2D eigenvalue weighted by atomic mass is 10.1. The van der Waals surface area contributed by atoms with Crippen LogP contribution in [0.4, 0.5) is 0 Å². The Morgan fingerprint density at radius 3 is 2.39 bits per heavy atom. The summed E-state index contributed by atoms with van der Waals surface area (Å²) in [6.45, 7) is 5.28. The van der Waals surface area contributed by atoms with Gasteiger partial charge in [-0.25, -0.2) is 4.79 Å². The van der Waals surface area contributed by atoms with E-state index in [1.807, 2.05) is 6.92 Å². The number of thioether (sulfide) groups is 1. The first kappa shape index (κ1) is 21.4. The quantitative estimate of drug-likeness (QED) is 0.342. The zero-order valence-electron chi connectivity index (χ0n) is 13.7. The summed E-state index contributed by atoms with van der Waals surface area (Å²) < 4.78 is 4.84. The lowest BCUT2D eigenvalue weighted by Crippen LogP contribution is -2.49. The Hall–Kier alpha value is -1.64. The van der Waals surface area contributed by atoms with Gasteiger partial charge in [0.1, 0.15) is 6.04 Å². The molecular weight excluding hydrogens is 324 g/mol. The van der Waals surface area contributed by atoms with Crippen LogP contribution in [0.15, 0.2) is 0 Å². The number of hydrogen-bond donors (Lipinski definition) is 1. The number of nitro groups is 1. The number of carbonyl (C=O) groups is 3. The first-order chi connectivity index (χ1) is 10.9. The number of ether oxygens (including phenoxy) is 1. The second-order valence-corrected chi connectivity index (χ2v) is 5.87. The third-order valence-electron chi connectivity index (χ3n) is 2.98. The highest BCUT2D eigenvalue weighted by Gasteiger charge is 2.33.